The number of alkyl halides is 1. The van der Waals surface area contributed by atoms with Crippen LogP contribution < -0.4 is 0 Å². The van der Waals surface area contributed by atoms with Gasteiger partial charge in [0.15, 0.2) is 5.78 Å². The molecule has 0 saturated heterocycles. The first-order valence-corrected chi connectivity index (χ1v) is 6.63. The number of ketones is 1. The summed E-state index contributed by atoms with van der Waals surface area (Å²) in [6, 6.07) is 7.97. The third kappa shape index (κ3) is 2.57. The number of carbonyl (C=O) groups is 1. The molecule has 0 bridgehead atoms. The molecule has 1 unspecified atom stereocenters. The van der Waals surface area contributed by atoms with Gasteiger partial charge in [-0.15, -0.1) is 0 Å². The number of nitrogens with zero attached hydrogens (tertiary/aromatic N) is 2. The minimum atomic E-state index is -0.0258. The van der Waals surface area contributed by atoms with E-state index in [4.69, 9.17) is 0 Å². The van der Waals surface area contributed by atoms with Gasteiger partial charge < -0.3 is 0 Å². The number of aryl methyl sites for hydroxylation is 1. The Labute approximate surface area is 114 Å². The van der Waals surface area contributed by atoms with Crippen molar-refractivity contribution < 1.29 is 4.79 Å². The van der Waals surface area contributed by atoms with Crippen molar-refractivity contribution in [1.82, 2.24) is 9.78 Å². The zero-order chi connectivity index (χ0) is 12.4. The predicted octanol–water partition coefficient (Wildman–Crippen LogP) is 3.19. The largest absolute Gasteiger partial charge is 0.293 e. The summed E-state index contributed by atoms with van der Waals surface area (Å²) in [6.45, 7) is 3.91. The summed E-state index contributed by atoms with van der Waals surface area (Å²) in [6.07, 6.45) is 3.42. The van der Waals surface area contributed by atoms with Crippen molar-refractivity contribution in [2.45, 2.75) is 17.8 Å². The number of hydrogen-bond donors (Lipinski definition) is 0. The molecule has 0 fully saturated rings. The summed E-state index contributed by atoms with van der Waals surface area (Å²) < 4.78 is 1.73. The summed E-state index contributed by atoms with van der Waals surface area (Å²) in [4.78, 5) is 11.8. The Kier molecular flexibility index (Phi) is 3.61. The molecule has 1 aromatic heterocycles. The molecule has 1 heterocycles. The van der Waals surface area contributed by atoms with E-state index in [0.717, 1.165) is 11.3 Å². The third-order valence-corrected chi connectivity index (χ3v) is 3.16. The van der Waals surface area contributed by atoms with Crippen LogP contribution in [0.25, 0.3) is 5.69 Å². The Bertz CT molecular complexity index is 546. The molecule has 0 saturated carbocycles. The Morgan fingerprint density at radius 1 is 1.41 bits per heavy atom. The Morgan fingerprint density at radius 3 is 2.76 bits per heavy atom. The molecule has 1 aromatic carbocycles. The molecule has 4 heteroatoms. The fourth-order valence-electron chi connectivity index (χ4n) is 1.63. The lowest BCUT2D eigenvalue weighted by Crippen LogP contribution is -2.08. The van der Waals surface area contributed by atoms with E-state index in [1.807, 2.05) is 38.1 Å². The molecular formula is C13H13IN2O. The van der Waals surface area contributed by atoms with Crippen LogP contribution in [0.5, 0.6) is 0 Å². The van der Waals surface area contributed by atoms with Crippen LogP contribution in [-0.2, 0) is 0 Å². The van der Waals surface area contributed by atoms with Gasteiger partial charge in [-0.25, -0.2) is 4.68 Å². The Hall–Kier alpha value is -1.17. The zero-order valence-electron chi connectivity index (χ0n) is 9.72. The zero-order valence-corrected chi connectivity index (χ0v) is 11.9. The van der Waals surface area contributed by atoms with Crippen LogP contribution in [0, 0.1) is 6.92 Å². The van der Waals surface area contributed by atoms with Crippen molar-refractivity contribution in [3.8, 4) is 5.69 Å². The first-order valence-electron chi connectivity index (χ1n) is 5.38. The van der Waals surface area contributed by atoms with E-state index in [1.165, 1.54) is 0 Å². The van der Waals surface area contributed by atoms with Gasteiger partial charge in [0.1, 0.15) is 0 Å². The number of rotatable bonds is 3. The molecule has 0 spiro atoms. The van der Waals surface area contributed by atoms with Gasteiger partial charge >= 0.3 is 0 Å². The number of Topliss-reactive ketones (excluding diaryl/α,β-unsaturated/α-hetero) is 1. The molecule has 1 atom stereocenters. The number of para-hydroxylation sites is 1. The summed E-state index contributed by atoms with van der Waals surface area (Å²) in [5.74, 6) is 0.116. The summed E-state index contributed by atoms with van der Waals surface area (Å²) in [5, 5.41) is 4.24. The monoisotopic (exact) mass is 340 g/mol. The molecule has 2 aromatic rings. The summed E-state index contributed by atoms with van der Waals surface area (Å²) in [7, 11) is 0. The van der Waals surface area contributed by atoms with Crippen LogP contribution in [0.3, 0.4) is 0 Å². The second-order valence-electron chi connectivity index (χ2n) is 3.94. The molecule has 88 valence electrons. The summed E-state index contributed by atoms with van der Waals surface area (Å²) in [5.41, 5.74) is 2.81. The molecule has 0 aliphatic carbocycles. The highest BCUT2D eigenvalue weighted by Crippen LogP contribution is 2.15. The van der Waals surface area contributed by atoms with Gasteiger partial charge in [0.25, 0.3) is 0 Å². The number of benzene rings is 1. The maximum absolute atomic E-state index is 11.8. The van der Waals surface area contributed by atoms with Crippen molar-refractivity contribution >= 4 is 28.4 Å². The number of hydrogen-bond acceptors (Lipinski definition) is 2. The molecule has 3 nitrogen and oxygen atoms in total. The maximum Gasteiger partial charge on any atom is 0.178 e. The van der Waals surface area contributed by atoms with Gasteiger partial charge in [-0.2, -0.15) is 5.10 Å². The van der Waals surface area contributed by atoms with Crippen LogP contribution in [-0.4, -0.2) is 19.5 Å². The minimum absolute atomic E-state index is 0.0258. The van der Waals surface area contributed by atoms with Gasteiger partial charge in [0, 0.05) is 6.20 Å². The number of carbonyl (C=O) groups excluding carboxylic acids is 1. The average molecular weight is 340 g/mol. The smallest absolute Gasteiger partial charge is 0.178 e. The fraction of sp³-hybridized carbons (Fsp3) is 0.231. The van der Waals surface area contributed by atoms with Crippen molar-refractivity contribution in [3.63, 3.8) is 0 Å². The van der Waals surface area contributed by atoms with Crippen molar-refractivity contribution in [1.29, 1.82) is 0 Å². The van der Waals surface area contributed by atoms with Crippen molar-refractivity contribution in [2.75, 3.05) is 0 Å². The molecule has 0 amide bonds. The number of aromatic nitrogens is 2. The quantitative estimate of drug-likeness (QED) is 0.489. The minimum Gasteiger partial charge on any atom is -0.293 e. The lowest BCUT2D eigenvalue weighted by atomic mass is 10.2. The van der Waals surface area contributed by atoms with Crippen LogP contribution >= 0.6 is 22.6 Å². The molecular weight excluding hydrogens is 327 g/mol. The van der Waals surface area contributed by atoms with Crippen LogP contribution in [0.2, 0.25) is 0 Å². The standard InChI is InChI=1S/C13H13IN2O/c1-9-5-3-4-6-12(9)16-8-11(7-15-16)13(17)10(2)14/h3-8,10H,1-2H3. The molecule has 2 rings (SSSR count). The second-order valence-corrected chi connectivity index (χ2v) is 5.81. The van der Waals surface area contributed by atoms with Gasteiger partial charge in [-0.3, -0.25) is 4.79 Å². The van der Waals surface area contributed by atoms with Gasteiger partial charge in [0.2, 0.25) is 0 Å². The maximum atomic E-state index is 11.8. The van der Waals surface area contributed by atoms with Crippen LogP contribution in [0.4, 0.5) is 0 Å². The Balaban J connectivity index is 2.37. The topological polar surface area (TPSA) is 34.9 Å². The molecule has 0 N–H and O–H groups in total. The molecule has 0 aliphatic heterocycles. The molecule has 0 radical (unpaired) electrons. The first-order chi connectivity index (χ1) is 8.09. The van der Waals surface area contributed by atoms with E-state index >= 15 is 0 Å². The summed E-state index contributed by atoms with van der Waals surface area (Å²) >= 11 is 2.12. The lowest BCUT2D eigenvalue weighted by Gasteiger charge is -2.04. The normalized spacial score (nSPS) is 12.4. The first kappa shape index (κ1) is 12.3. The fourth-order valence-corrected chi connectivity index (χ4v) is 1.99. The van der Waals surface area contributed by atoms with E-state index in [0.29, 0.717) is 5.56 Å². The highest BCUT2D eigenvalue weighted by atomic mass is 127. The second kappa shape index (κ2) is 5.00. The highest BCUT2D eigenvalue weighted by Gasteiger charge is 2.14. The van der Waals surface area contributed by atoms with Gasteiger partial charge in [0.05, 0.1) is 21.4 Å². The van der Waals surface area contributed by atoms with Crippen LogP contribution in [0.15, 0.2) is 36.7 Å². The molecule has 0 aliphatic rings. The third-order valence-electron chi connectivity index (χ3n) is 2.59. The van der Waals surface area contributed by atoms with Gasteiger partial charge in [-0.05, 0) is 25.5 Å². The number of halogens is 1. The average Bonchev–Trinajstić information content (AvgIpc) is 2.77. The van der Waals surface area contributed by atoms with E-state index in [-0.39, 0.29) is 9.71 Å². The Morgan fingerprint density at radius 2 is 2.12 bits per heavy atom. The van der Waals surface area contributed by atoms with E-state index < -0.39 is 0 Å². The SMILES string of the molecule is Cc1ccccc1-n1cc(C(=O)C(C)I)cn1. The predicted molar refractivity (Wildman–Crippen MR) is 76.1 cm³/mol. The van der Waals surface area contributed by atoms with Gasteiger partial charge in [-0.1, -0.05) is 40.8 Å². The van der Waals surface area contributed by atoms with E-state index in [2.05, 4.69) is 27.7 Å². The highest BCUT2D eigenvalue weighted by molar-refractivity contribution is 14.1. The van der Waals surface area contributed by atoms with E-state index in [1.54, 1.807) is 17.1 Å². The molecule has 17 heavy (non-hydrogen) atoms. The lowest BCUT2D eigenvalue weighted by molar-refractivity contribution is 0.0998. The van der Waals surface area contributed by atoms with Crippen molar-refractivity contribution in [3.05, 3.63) is 47.8 Å². The van der Waals surface area contributed by atoms with Crippen molar-refractivity contribution in [2.24, 2.45) is 0 Å². The van der Waals surface area contributed by atoms with E-state index in [9.17, 15) is 4.79 Å². The van der Waals surface area contributed by atoms with Crippen LogP contribution in [0.1, 0.15) is 22.8 Å².